The standard InChI is InChI=1S/C19H18ClN5O3S2/c1-11(26)21-13-4-3-5-14(9-13)22-18-24-25-19(30-18)29-10-17(27)23-15-8-12(20)6-7-16(15)28-2/h3-9H,10H2,1-2H3,(H,21,26)(H,22,24)(H,23,27). The summed E-state index contributed by atoms with van der Waals surface area (Å²) in [6.45, 7) is 1.45. The Morgan fingerprint density at radius 1 is 1.13 bits per heavy atom. The van der Waals surface area contributed by atoms with Gasteiger partial charge in [-0.2, -0.15) is 0 Å². The first-order chi connectivity index (χ1) is 14.4. The molecule has 0 fully saturated rings. The number of hydrogen-bond donors (Lipinski definition) is 3. The van der Waals surface area contributed by atoms with Crippen LogP contribution in [0.5, 0.6) is 5.75 Å². The van der Waals surface area contributed by atoms with Gasteiger partial charge in [0.1, 0.15) is 5.75 Å². The third-order valence-corrected chi connectivity index (χ3v) is 5.81. The summed E-state index contributed by atoms with van der Waals surface area (Å²) in [6.07, 6.45) is 0. The molecule has 0 saturated carbocycles. The second-order valence-electron chi connectivity index (χ2n) is 5.94. The van der Waals surface area contributed by atoms with E-state index in [1.807, 2.05) is 12.1 Å². The van der Waals surface area contributed by atoms with Crippen molar-refractivity contribution in [3.8, 4) is 5.75 Å². The molecule has 0 bridgehead atoms. The van der Waals surface area contributed by atoms with Crippen LogP contribution in [0.1, 0.15) is 6.92 Å². The van der Waals surface area contributed by atoms with Crippen molar-refractivity contribution in [2.45, 2.75) is 11.3 Å². The molecule has 0 aliphatic heterocycles. The zero-order valence-corrected chi connectivity index (χ0v) is 18.5. The molecule has 1 heterocycles. The molecule has 156 valence electrons. The van der Waals surface area contributed by atoms with Crippen LogP contribution in [-0.4, -0.2) is 34.9 Å². The Morgan fingerprint density at radius 3 is 2.70 bits per heavy atom. The maximum Gasteiger partial charge on any atom is 0.234 e. The van der Waals surface area contributed by atoms with Gasteiger partial charge in [-0.15, -0.1) is 10.2 Å². The van der Waals surface area contributed by atoms with Crippen molar-refractivity contribution in [3.05, 3.63) is 47.5 Å². The van der Waals surface area contributed by atoms with Gasteiger partial charge in [0.05, 0.1) is 18.6 Å². The molecule has 30 heavy (non-hydrogen) atoms. The van der Waals surface area contributed by atoms with Crippen LogP contribution in [0.3, 0.4) is 0 Å². The van der Waals surface area contributed by atoms with Gasteiger partial charge in [-0.3, -0.25) is 9.59 Å². The van der Waals surface area contributed by atoms with E-state index in [2.05, 4.69) is 26.1 Å². The zero-order chi connectivity index (χ0) is 21.5. The highest BCUT2D eigenvalue weighted by Gasteiger charge is 2.11. The van der Waals surface area contributed by atoms with Gasteiger partial charge < -0.3 is 20.7 Å². The Kier molecular flexibility index (Phi) is 7.50. The number of benzene rings is 2. The fraction of sp³-hybridized carbons (Fsp3) is 0.158. The number of anilines is 4. The summed E-state index contributed by atoms with van der Waals surface area (Å²) in [7, 11) is 1.52. The van der Waals surface area contributed by atoms with Crippen LogP contribution in [0, 0.1) is 0 Å². The molecule has 2 amide bonds. The molecule has 0 aliphatic carbocycles. The monoisotopic (exact) mass is 463 g/mol. The first-order valence-corrected chi connectivity index (χ1v) is 10.9. The zero-order valence-electron chi connectivity index (χ0n) is 16.1. The summed E-state index contributed by atoms with van der Waals surface area (Å²) in [5, 5.41) is 17.9. The van der Waals surface area contributed by atoms with E-state index in [9.17, 15) is 9.59 Å². The van der Waals surface area contributed by atoms with E-state index in [0.29, 0.717) is 31.6 Å². The minimum atomic E-state index is -0.215. The van der Waals surface area contributed by atoms with Gasteiger partial charge in [-0.25, -0.2) is 0 Å². The van der Waals surface area contributed by atoms with Gasteiger partial charge >= 0.3 is 0 Å². The number of nitrogens with one attached hydrogen (secondary N) is 3. The van der Waals surface area contributed by atoms with Crippen LogP contribution in [0.4, 0.5) is 22.2 Å². The van der Waals surface area contributed by atoms with Crippen LogP contribution >= 0.6 is 34.7 Å². The van der Waals surface area contributed by atoms with Gasteiger partial charge in [0.25, 0.3) is 0 Å². The molecule has 0 saturated heterocycles. The lowest BCUT2D eigenvalue weighted by atomic mass is 10.3. The van der Waals surface area contributed by atoms with Crippen molar-refractivity contribution in [3.63, 3.8) is 0 Å². The number of rotatable bonds is 8. The Balaban J connectivity index is 1.55. The molecule has 8 nitrogen and oxygen atoms in total. The highest BCUT2D eigenvalue weighted by atomic mass is 35.5. The number of ether oxygens (including phenoxy) is 1. The van der Waals surface area contributed by atoms with Gasteiger partial charge in [0, 0.05) is 23.3 Å². The second kappa shape index (κ2) is 10.3. The van der Waals surface area contributed by atoms with Crippen LogP contribution in [0.2, 0.25) is 5.02 Å². The molecule has 3 N–H and O–H groups in total. The van der Waals surface area contributed by atoms with E-state index in [1.165, 1.54) is 37.1 Å². The first kappa shape index (κ1) is 21.9. The van der Waals surface area contributed by atoms with E-state index in [0.717, 1.165) is 5.69 Å². The highest BCUT2D eigenvalue weighted by molar-refractivity contribution is 8.01. The highest BCUT2D eigenvalue weighted by Crippen LogP contribution is 2.30. The third kappa shape index (κ3) is 6.34. The molecule has 11 heteroatoms. The molecule has 0 radical (unpaired) electrons. The van der Waals surface area contributed by atoms with E-state index >= 15 is 0 Å². The van der Waals surface area contributed by atoms with Crippen molar-refractivity contribution >= 4 is 68.7 Å². The average molecular weight is 464 g/mol. The lowest BCUT2D eigenvalue weighted by Gasteiger charge is -2.09. The fourth-order valence-corrected chi connectivity index (χ4v) is 4.16. The minimum Gasteiger partial charge on any atom is -0.495 e. The van der Waals surface area contributed by atoms with E-state index in [-0.39, 0.29) is 17.6 Å². The van der Waals surface area contributed by atoms with Gasteiger partial charge in [0.2, 0.25) is 16.9 Å². The molecule has 0 atom stereocenters. The van der Waals surface area contributed by atoms with Crippen molar-refractivity contribution in [1.82, 2.24) is 10.2 Å². The molecular weight excluding hydrogens is 446 g/mol. The predicted molar refractivity (Wildman–Crippen MR) is 121 cm³/mol. The van der Waals surface area contributed by atoms with Crippen molar-refractivity contribution in [1.29, 1.82) is 0 Å². The molecule has 1 aromatic heterocycles. The number of amides is 2. The average Bonchev–Trinajstić information content (AvgIpc) is 3.14. The maximum absolute atomic E-state index is 12.3. The topological polar surface area (TPSA) is 105 Å². The molecule has 0 aliphatic rings. The molecule has 0 unspecified atom stereocenters. The normalized spacial score (nSPS) is 10.4. The SMILES string of the molecule is COc1ccc(Cl)cc1NC(=O)CSc1nnc(Nc2cccc(NC(C)=O)c2)s1. The summed E-state index contributed by atoms with van der Waals surface area (Å²) < 4.78 is 5.86. The Hall–Kier alpha value is -2.82. The van der Waals surface area contributed by atoms with E-state index in [1.54, 1.807) is 30.3 Å². The third-order valence-electron chi connectivity index (χ3n) is 3.60. The minimum absolute atomic E-state index is 0.143. The second-order valence-corrected chi connectivity index (χ2v) is 8.58. The van der Waals surface area contributed by atoms with Crippen LogP contribution in [-0.2, 0) is 9.59 Å². The number of thioether (sulfide) groups is 1. The molecule has 0 spiro atoms. The number of halogens is 1. The molecule has 2 aromatic carbocycles. The van der Waals surface area contributed by atoms with Crippen molar-refractivity contribution in [2.75, 3.05) is 28.8 Å². The summed E-state index contributed by atoms with van der Waals surface area (Å²) in [6, 6.07) is 12.3. The van der Waals surface area contributed by atoms with Crippen molar-refractivity contribution in [2.24, 2.45) is 0 Å². The van der Waals surface area contributed by atoms with Crippen molar-refractivity contribution < 1.29 is 14.3 Å². The lowest BCUT2D eigenvalue weighted by molar-refractivity contribution is -0.114. The predicted octanol–water partition coefficient (Wildman–Crippen LogP) is 4.63. The van der Waals surface area contributed by atoms with Crippen LogP contribution in [0.25, 0.3) is 0 Å². The largest absolute Gasteiger partial charge is 0.495 e. The van der Waals surface area contributed by atoms with E-state index < -0.39 is 0 Å². The molecule has 3 aromatic rings. The quantitative estimate of drug-likeness (QED) is 0.418. The Morgan fingerprint density at radius 2 is 1.93 bits per heavy atom. The molecular formula is C19H18ClN5O3S2. The number of nitrogens with zero attached hydrogens (tertiary/aromatic N) is 2. The van der Waals surface area contributed by atoms with Gasteiger partial charge in [-0.1, -0.05) is 40.8 Å². The van der Waals surface area contributed by atoms with Gasteiger partial charge in [-0.05, 0) is 36.4 Å². The summed E-state index contributed by atoms with van der Waals surface area (Å²) >= 11 is 8.57. The van der Waals surface area contributed by atoms with E-state index in [4.69, 9.17) is 16.3 Å². The van der Waals surface area contributed by atoms with Crippen LogP contribution < -0.4 is 20.7 Å². The number of carbonyl (C=O) groups is 2. The number of hydrogen-bond acceptors (Lipinski definition) is 8. The van der Waals surface area contributed by atoms with Crippen LogP contribution in [0.15, 0.2) is 46.8 Å². The maximum atomic E-state index is 12.3. The number of aromatic nitrogens is 2. The number of methoxy groups -OCH3 is 1. The lowest BCUT2D eigenvalue weighted by Crippen LogP contribution is -2.14. The Bertz CT molecular complexity index is 1060. The molecule has 3 rings (SSSR count). The fourth-order valence-electron chi connectivity index (χ4n) is 2.41. The smallest absolute Gasteiger partial charge is 0.234 e. The summed E-state index contributed by atoms with van der Waals surface area (Å²) in [5.74, 6) is 0.327. The first-order valence-electron chi connectivity index (χ1n) is 8.67. The Labute approximate surface area is 186 Å². The number of carbonyl (C=O) groups excluding carboxylic acids is 2. The summed E-state index contributed by atoms with van der Waals surface area (Å²) in [4.78, 5) is 23.4. The van der Waals surface area contributed by atoms with Gasteiger partial charge in [0.15, 0.2) is 4.34 Å². The summed E-state index contributed by atoms with van der Waals surface area (Å²) in [5.41, 5.74) is 1.95.